The van der Waals surface area contributed by atoms with Crippen LogP contribution in [0.4, 0.5) is 5.69 Å². The number of hydrogen-bond donors (Lipinski definition) is 1. The van der Waals surface area contributed by atoms with Gasteiger partial charge in [-0.3, -0.25) is 5.01 Å². The van der Waals surface area contributed by atoms with Crippen LogP contribution in [0.2, 0.25) is 0 Å². The highest BCUT2D eigenvalue weighted by atomic mass is 32.2. The first-order valence-electron chi connectivity index (χ1n) is 10.8. The van der Waals surface area contributed by atoms with E-state index >= 15 is 0 Å². The van der Waals surface area contributed by atoms with Gasteiger partial charge >= 0.3 is 0 Å². The fourth-order valence-corrected chi connectivity index (χ4v) is 7.79. The quantitative estimate of drug-likeness (QED) is 0.741. The van der Waals surface area contributed by atoms with Gasteiger partial charge in [-0.1, -0.05) is 5.22 Å². The molecule has 1 aromatic rings. The molecule has 1 heterocycles. The van der Waals surface area contributed by atoms with Gasteiger partial charge in [0.1, 0.15) is 0 Å². The first-order chi connectivity index (χ1) is 13.5. The maximum absolute atomic E-state index is 13.1. The minimum absolute atomic E-state index is 0.208. The molecule has 7 heteroatoms. The summed E-state index contributed by atoms with van der Waals surface area (Å²) in [4.78, 5) is 0.333. The van der Waals surface area contributed by atoms with Gasteiger partial charge in [-0.25, -0.2) is 13.1 Å². The van der Waals surface area contributed by atoms with Gasteiger partial charge < -0.3 is 0 Å². The molecule has 6 rings (SSSR count). The highest BCUT2D eigenvalue weighted by Crippen LogP contribution is 2.55. The maximum Gasteiger partial charge on any atom is 0.241 e. The third kappa shape index (κ3) is 3.71. The van der Waals surface area contributed by atoms with E-state index in [0.717, 1.165) is 45.2 Å². The Morgan fingerprint density at radius 2 is 1.46 bits per heavy atom. The highest BCUT2D eigenvalue weighted by Gasteiger charge is 2.52. The summed E-state index contributed by atoms with van der Waals surface area (Å²) < 4.78 is 29.3. The standard InChI is InChI=1S/C21H30N4O2S/c26-28(27,23-21-13-16-10-17(14-21)12-18(11-16)15-21)20-6-4-19(5-7-20)22-24-25-8-2-1-3-9-25/h4-7,16-18,23H,1-3,8-15H2. The van der Waals surface area contributed by atoms with E-state index in [9.17, 15) is 8.42 Å². The Morgan fingerprint density at radius 3 is 2.04 bits per heavy atom. The van der Waals surface area contributed by atoms with E-state index < -0.39 is 10.0 Å². The summed E-state index contributed by atoms with van der Waals surface area (Å²) in [6.45, 7) is 1.90. The summed E-state index contributed by atoms with van der Waals surface area (Å²) >= 11 is 0. The summed E-state index contributed by atoms with van der Waals surface area (Å²) in [6, 6.07) is 6.82. The Kier molecular flexibility index (Phi) is 4.70. The second-order valence-corrected chi connectivity index (χ2v) is 11.2. The number of nitrogens with zero attached hydrogens (tertiary/aromatic N) is 3. The van der Waals surface area contributed by atoms with Crippen molar-refractivity contribution >= 4 is 15.7 Å². The Morgan fingerprint density at radius 1 is 0.893 bits per heavy atom. The lowest BCUT2D eigenvalue weighted by Crippen LogP contribution is -2.59. The number of sulfonamides is 1. The van der Waals surface area contributed by atoms with Crippen molar-refractivity contribution in [1.82, 2.24) is 9.73 Å². The smallest absolute Gasteiger partial charge is 0.241 e. The van der Waals surface area contributed by atoms with Crippen LogP contribution in [0.5, 0.6) is 0 Å². The predicted molar refractivity (Wildman–Crippen MR) is 108 cm³/mol. The van der Waals surface area contributed by atoms with Crippen LogP contribution in [0, 0.1) is 17.8 Å². The van der Waals surface area contributed by atoms with Gasteiger partial charge in [0.15, 0.2) is 0 Å². The molecule has 5 fully saturated rings. The van der Waals surface area contributed by atoms with E-state index in [2.05, 4.69) is 15.1 Å². The molecule has 1 N–H and O–H groups in total. The molecule has 1 aromatic carbocycles. The minimum Gasteiger partial charge on any atom is -0.278 e. The molecule has 0 aromatic heterocycles. The normalized spacial score (nSPS) is 35.0. The fourth-order valence-electron chi connectivity index (χ4n) is 6.35. The van der Waals surface area contributed by atoms with Crippen molar-refractivity contribution in [2.45, 2.75) is 68.2 Å². The second-order valence-electron chi connectivity index (χ2n) is 9.50. The first-order valence-corrected chi connectivity index (χ1v) is 12.3. The molecule has 28 heavy (non-hydrogen) atoms. The van der Waals surface area contributed by atoms with E-state index in [1.165, 1.54) is 25.7 Å². The molecule has 0 unspecified atom stereocenters. The molecule has 4 saturated carbocycles. The maximum atomic E-state index is 13.1. The molecule has 1 saturated heterocycles. The molecular weight excluding hydrogens is 372 g/mol. The minimum atomic E-state index is -3.51. The average molecular weight is 403 g/mol. The number of hydrogen-bond acceptors (Lipinski definition) is 4. The Hall–Kier alpha value is -1.47. The SMILES string of the molecule is O=S(=O)(NC12CC3CC(CC(C3)C1)C2)c1ccc(N=NN2CCCCC2)cc1. The van der Waals surface area contributed by atoms with Gasteiger partial charge in [0.05, 0.1) is 10.6 Å². The molecular formula is C21H30N4O2S. The molecule has 4 bridgehead atoms. The van der Waals surface area contributed by atoms with Gasteiger partial charge in [-0.05, 0) is 99.8 Å². The van der Waals surface area contributed by atoms with Gasteiger partial charge in [0.25, 0.3) is 0 Å². The van der Waals surface area contributed by atoms with Gasteiger partial charge in [0, 0.05) is 18.6 Å². The summed E-state index contributed by atoms with van der Waals surface area (Å²) in [5.41, 5.74) is 0.486. The zero-order valence-corrected chi connectivity index (χ0v) is 17.2. The van der Waals surface area contributed by atoms with Gasteiger partial charge in [-0.15, -0.1) is 5.11 Å². The number of rotatable bonds is 5. The topological polar surface area (TPSA) is 74.1 Å². The fraction of sp³-hybridized carbons (Fsp3) is 0.714. The van der Waals surface area contributed by atoms with Crippen molar-refractivity contribution in [1.29, 1.82) is 0 Å². The monoisotopic (exact) mass is 402 g/mol. The van der Waals surface area contributed by atoms with E-state index in [1.54, 1.807) is 24.3 Å². The molecule has 6 nitrogen and oxygen atoms in total. The first kappa shape index (κ1) is 18.6. The van der Waals surface area contributed by atoms with E-state index in [1.807, 2.05) is 5.01 Å². The molecule has 152 valence electrons. The van der Waals surface area contributed by atoms with Crippen molar-refractivity contribution in [3.8, 4) is 0 Å². The zero-order chi connectivity index (χ0) is 19.2. The average Bonchev–Trinajstić information content (AvgIpc) is 2.66. The zero-order valence-electron chi connectivity index (χ0n) is 16.4. The Labute approximate surface area is 167 Å². The van der Waals surface area contributed by atoms with Gasteiger partial charge in [0.2, 0.25) is 10.0 Å². The Balaban J connectivity index is 1.28. The van der Waals surface area contributed by atoms with Crippen LogP contribution >= 0.6 is 0 Å². The third-order valence-corrected chi connectivity index (χ3v) is 8.75. The van der Waals surface area contributed by atoms with E-state index in [0.29, 0.717) is 28.3 Å². The summed E-state index contributed by atoms with van der Waals surface area (Å²) in [5.74, 6) is 2.14. The number of benzene rings is 1. The summed E-state index contributed by atoms with van der Waals surface area (Å²) in [6.07, 6.45) is 10.5. The lowest BCUT2D eigenvalue weighted by Gasteiger charge is -2.56. The van der Waals surface area contributed by atoms with Crippen molar-refractivity contribution < 1.29 is 8.42 Å². The van der Waals surface area contributed by atoms with E-state index in [4.69, 9.17) is 0 Å². The largest absolute Gasteiger partial charge is 0.278 e. The van der Waals surface area contributed by atoms with Crippen molar-refractivity contribution in [2.75, 3.05) is 13.1 Å². The summed E-state index contributed by atoms with van der Waals surface area (Å²) in [7, 11) is -3.51. The molecule has 0 radical (unpaired) electrons. The molecule has 5 aliphatic rings. The summed E-state index contributed by atoms with van der Waals surface area (Å²) in [5, 5.41) is 10.5. The molecule has 0 spiro atoms. The lowest BCUT2D eigenvalue weighted by molar-refractivity contribution is -0.00810. The van der Waals surface area contributed by atoms with Crippen LogP contribution in [0.3, 0.4) is 0 Å². The van der Waals surface area contributed by atoms with E-state index in [-0.39, 0.29) is 5.54 Å². The third-order valence-electron chi connectivity index (χ3n) is 7.16. The molecule has 4 aliphatic carbocycles. The van der Waals surface area contributed by atoms with Crippen LogP contribution < -0.4 is 4.72 Å². The number of nitrogens with one attached hydrogen (secondary N) is 1. The highest BCUT2D eigenvalue weighted by molar-refractivity contribution is 7.89. The molecule has 0 atom stereocenters. The lowest BCUT2D eigenvalue weighted by atomic mass is 9.53. The molecule has 1 aliphatic heterocycles. The van der Waals surface area contributed by atoms with Crippen molar-refractivity contribution in [3.05, 3.63) is 24.3 Å². The van der Waals surface area contributed by atoms with Crippen LogP contribution in [0.1, 0.15) is 57.8 Å². The predicted octanol–water partition coefficient (Wildman–Crippen LogP) is 4.42. The van der Waals surface area contributed by atoms with Crippen LogP contribution in [0.25, 0.3) is 0 Å². The second kappa shape index (κ2) is 7.10. The van der Waals surface area contributed by atoms with Crippen LogP contribution in [-0.2, 0) is 10.0 Å². The number of piperidine rings is 1. The Bertz CT molecular complexity index is 808. The van der Waals surface area contributed by atoms with Crippen LogP contribution in [-0.4, -0.2) is 32.1 Å². The van der Waals surface area contributed by atoms with Crippen molar-refractivity contribution in [3.63, 3.8) is 0 Å². The van der Waals surface area contributed by atoms with Crippen molar-refractivity contribution in [2.24, 2.45) is 28.1 Å². The van der Waals surface area contributed by atoms with Gasteiger partial charge in [-0.2, -0.15) is 0 Å². The molecule has 0 amide bonds. The van der Waals surface area contributed by atoms with Crippen LogP contribution in [0.15, 0.2) is 39.5 Å².